The summed E-state index contributed by atoms with van der Waals surface area (Å²) in [7, 11) is 0. The molecule has 5 N–H and O–H groups in total. The van der Waals surface area contributed by atoms with Gasteiger partial charge in [-0.1, -0.05) is 0 Å². The van der Waals surface area contributed by atoms with E-state index in [0.29, 0.717) is 12.5 Å². The van der Waals surface area contributed by atoms with Gasteiger partial charge in [0, 0.05) is 18.9 Å². The lowest BCUT2D eigenvalue weighted by Gasteiger charge is -2.14. The van der Waals surface area contributed by atoms with Crippen LogP contribution in [-0.2, 0) is 4.79 Å². The number of carbonyl (C=O) groups excluding carboxylic acids is 1. The number of imidazole rings is 1. The third kappa shape index (κ3) is 3.63. The third-order valence-corrected chi connectivity index (χ3v) is 2.58. The van der Waals surface area contributed by atoms with E-state index < -0.39 is 6.04 Å². The van der Waals surface area contributed by atoms with Crippen LogP contribution in [0.1, 0.15) is 13.8 Å². The van der Waals surface area contributed by atoms with E-state index in [-0.39, 0.29) is 17.8 Å². The summed E-state index contributed by atoms with van der Waals surface area (Å²) in [6, 6.07) is -0.492. The summed E-state index contributed by atoms with van der Waals surface area (Å²) < 4.78 is 1.60. The number of rotatable bonds is 6. The monoisotopic (exact) mass is 291 g/mol. The quantitative estimate of drug-likeness (QED) is 0.404. The molecule has 2 heterocycles. The van der Waals surface area contributed by atoms with Crippen LogP contribution < -0.4 is 21.9 Å². The van der Waals surface area contributed by atoms with E-state index in [1.807, 2.05) is 6.92 Å². The molecule has 0 bridgehead atoms. The Morgan fingerprint density at radius 2 is 2.14 bits per heavy atom. The number of hydrazine groups is 1. The Morgan fingerprint density at radius 1 is 1.38 bits per heavy atom. The van der Waals surface area contributed by atoms with Crippen molar-refractivity contribution in [3.05, 3.63) is 18.7 Å². The lowest BCUT2D eigenvalue weighted by molar-refractivity contribution is -0.121. The van der Waals surface area contributed by atoms with Crippen molar-refractivity contribution in [2.45, 2.75) is 19.9 Å². The maximum absolute atomic E-state index is 11.7. The Labute approximate surface area is 121 Å². The number of nitrogens with one attached hydrogen (secondary N) is 3. The first-order valence-electron chi connectivity index (χ1n) is 6.39. The SMILES string of the molecule is CCNC(=O)C(C)Nc1nc(NN)nc(-n2ccnc2)n1. The zero-order valence-corrected chi connectivity index (χ0v) is 11.7. The van der Waals surface area contributed by atoms with E-state index >= 15 is 0 Å². The van der Waals surface area contributed by atoms with Crippen molar-refractivity contribution in [3.8, 4) is 5.95 Å². The van der Waals surface area contributed by atoms with Crippen molar-refractivity contribution >= 4 is 17.8 Å². The molecule has 2 aromatic heterocycles. The Bertz CT molecular complexity index is 598. The molecular weight excluding hydrogens is 274 g/mol. The van der Waals surface area contributed by atoms with E-state index in [1.54, 1.807) is 30.2 Å². The smallest absolute Gasteiger partial charge is 0.243 e. The van der Waals surface area contributed by atoms with Gasteiger partial charge in [-0.05, 0) is 13.8 Å². The molecule has 1 amide bonds. The summed E-state index contributed by atoms with van der Waals surface area (Å²) in [5.41, 5.74) is 2.36. The zero-order chi connectivity index (χ0) is 15.2. The summed E-state index contributed by atoms with van der Waals surface area (Å²) in [6.07, 6.45) is 4.84. The Kier molecular flexibility index (Phi) is 4.61. The number of anilines is 2. The number of hydrogen-bond acceptors (Lipinski definition) is 8. The second-order valence-corrected chi connectivity index (χ2v) is 4.16. The molecule has 21 heavy (non-hydrogen) atoms. The number of nitrogens with zero attached hydrogens (tertiary/aromatic N) is 5. The van der Waals surface area contributed by atoms with E-state index in [0.717, 1.165) is 0 Å². The van der Waals surface area contributed by atoms with E-state index in [1.165, 1.54) is 0 Å². The molecule has 1 unspecified atom stereocenters. The maximum Gasteiger partial charge on any atom is 0.243 e. The van der Waals surface area contributed by atoms with Gasteiger partial charge in [0.05, 0.1) is 0 Å². The second kappa shape index (κ2) is 6.61. The molecule has 0 aliphatic rings. The van der Waals surface area contributed by atoms with Crippen LogP contribution in [0.2, 0.25) is 0 Å². The fourth-order valence-electron chi connectivity index (χ4n) is 1.57. The molecule has 10 heteroatoms. The van der Waals surface area contributed by atoms with Crippen LogP contribution >= 0.6 is 0 Å². The fraction of sp³-hybridized carbons (Fsp3) is 0.364. The van der Waals surface area contributed by atoms with Gasteiger partial charge in [-0.25, -0.2) is 10.8 Å². The summed E-state index contributed by atoms with van der Waals surface area (Å²) in [5, 5.41) is 5.61. The third-order valence-electron chi connectivity index (χ3n) is 2.58. The molecule has 112 valence electrons. The van der Waals surface area contributed by atoms with E-state index in [4.69, 9.17) is 5.84 Å². The van der Waals surface area contributed by atoms with Crippen LogP contribution in [0, 0.1) is 0 Å². The first kappa shape index (κ1) is 14.7. The molecule has 0 saturated carbocycles. The van der Waals surface area contributed by atoms with Gasteiger partial charge >= 0.3 is 0 Å². The summed E-state index contributed by atoms with van der Waals surface area (Å²) in [6.45, 7) is 4.11. The molecule has 0 radical (unpaired) electrons. The average molecular weight is 291 g/mol. The normalized spacial score (nSPS) is 11.8. The lowest BCUT2D eigenvalue weighted by atomic mass is 10.3. The molecule has 0 spiro atoms. The van der Waals surface area contributed by atoms with Gasteiger partial charge in [0.1, 0.15) is 12.4 Å². The van der Waals surface area contributed by atoms with E-state index in [2.05, 4.69) is 36.0 Å². The number of nitrogen functional groups attached to an aromatic ring is 1. The highest BCUT2D eigenvalue weighted by atomic mass is 16.2. The zero-order valence-electron chi connectivity index (χ0n) is 11.7. The number of likely N-dealkylation sites (N-methyl/N-ethyl adjacent to an activating group) is 1. The maximum atomic E-state index is 11.7. The highest BCUT2D eigenvalue weighted by Crippen LogP contribution is 2.09. The van der Waals surface area contributed by atoms with Crippen molar-refractivity contribution in [1.82, 2.24) is 29.8 Å². The molecule has 0 aliphatic heterocycles. The topological polar surface area (TPSA) is 136 Å². The lowest BCUT2D eigenvalue weighted by Crippen LogP contribution is -2.38. The van der Waals surface area contributed by atoms with Crippen LogP contribution in [0.3, 0.4) is 0 Å². The molecular formula is C11H17N9O. The average Bonchev–Trinajstić information content (AvgIpc) is 3.01. The second-order valence-electron chi connectivity index (χ2n) is 4.16. The fourth-order valence-corrected chi connectivity index (χ4v) is 1.57. The van der Waals surface area contributed by atoms with E-state index in [9.17, 15) is 4.79 Å². The summed E-state index contributed by atoms with van der Waals surface area (Å²) in [5.74, 6) is 5.95. The highest BCUT2D eigenvalue weighted by molar-refractivity contribution is 5.83. The van der Waals surface area contributed by atoms with Crippen molar-refractivity contribution in [1.29, 1.82) is 0 Å². The van der Waals surface area contributed by atoms with Crippen molar-refractivity contribution in [2.75, 3.05) is 17.3 Å². The molecule has 0 aliphatic carbocycles. The molecule has 2 aromatic rings. The minimum Gasteiger partial charge on any atom is -0.355 e. The predicted molar refractivity (Wildman–Crippen MR) is 76.5 cm³/mol. The molecule has 1 atom stereocenters. The molecule has 0 fully saturated rings. The molecule has 2 rings (SSSR count). The molecule has 0 saturated heterocycles. The first-order valence-corrected chi connectivity index (χ1v) is 6.39. The van der Waals surface area contributed by atoms with Crippen LogP contribution in [0.4, 0.5) is 11.9 Å². The van der Waals surface area contributed by atoms with Gasteiger partial charge < -0.3 is 10.6 Å². The van der Waals surface area contributed by atoms with Crippen molar-refractivity contribution < 1.29 is 4.79 Å². The van der Waals surface area contributed by atoms with Gasteiger partial charge in [0.15, 0.2) is 0 Å². The Balaban J connectivity index is 2.23. The van der Waals surface area contributed by atoms with Gasteiger partial charge in [-0.2, -0.15) is 15.0 Å². The number of hydrogen-bond donors (Lipinski definition) is 4. The number of carbonyl (C=O) groups is 1. The molecule has 10 nitrogen and oxygen atoms in total. The standard InChI is InChI=1S/C11H17N9O/c1-3-14-8(21)7(2)15-9-16-10(19-12)18-11(17-9)20-5-4-13-6-20/h4-7H,3,12H2,1-2H3,(H,14,21)(H2,15,16,17,18,19). The number of nitrogens with two attached hydrogens (primary N) is 1. The minimum absolute atomic E-state index is 0.149. The number of amides is 1. The van der Waals surface area contributed by atoms with Gasteiger partial charge in [-0.15, -0.1) is 0 Å². The number of aromatic nitrogens is 5. The van der Waals surface area contributed by atoms with Crippen molar-refractivity contribution in [2.24, 2.45) is 5.84 Å². The van der Waals surface area contributed by atoms with Crippen LogP contribution in [0.15, 0.2) is 18.7 Å². The minimum atomic E-state index is -0.492. The summed E-state index contributed by atoms with van der Waals surface area (Å²) in [4.78, 5) is 28.0. The predicted octanol–water partition coefficient (Wildman–Crippen LogP) is -0.721. The molecule has 0 aromatic carbocycles. The highest BCUT2D eigenvalue weighted by Gasteiger charge is 2.14. The Morgan fingerprint density at radius 3 is 2.76 bits per heavy atom. The van der Waals surface area contributed by atoms with Gasteiger partial charge in [0.25, 0.3) is 0 Å². The first-order chi connectivity index (χ1) is 10.1. The van der Waals surface area contributed by atoms with Gasteiger partial charge in [0.2, 0.25) is 23.8 Å². The Hall–Kier alpha value is -2.75. The largest absolute Gasteiger partial charge is 0.355 e. The van der Waals surface area contributed by atoms with Gasteiger partial charge in [-0.3, -0.25) is 14.8 Å². The van der Waals surface area contributed by atoms with Crippen LogP contribution in [0.5, 0.6) is 0 Å². The summed E-state index contributed by atoms with van der Waals surface area (Å²) >= 11 is 0. The van der Waals surface area contributed by atoms with Crippen LogP contribution in [0.25, 0.3) is 5.95 Å². The van der Waals surface area contributed by atoms with Crippen LogP contribution in [-0.4, -0.2) is 43.0 Å². The van der Waals surface area contributed by atoms with Crippen molar-refractivity contribution in [3.63, 3.8) is 0 Å².